The Morgan fingerprint density at radius 2 is 1.71 bits per heavy atom. The lowest BCUT2D eigenvalue weighted by Crippen LogP contribution is -2.30. The van der Waals surface area contributed by atoms with Gasteiger partial charge in [0.05, 0.1) is 18.6 Å². The number of hydrogen-bond acceptors (Lipinski definition) is 7. The molecule has 0 saturated heterocycles. The molecule has 0 radical (unpaired) electrons. The van der Waals surface area contributed by atoms with E-state index in [1.165, 1.54) is 4.88 Å². The Bertz CT molecular complexity index is 1400. The number of amides is 2. The highest BCUT2D eigenvalue weighted by molar-refractivity contribution is 7.15. The van der Waals surface area contributed by atoms with Crippen LogP contribution in [0.25, 0.3) is 5.00 Å². The van der Waals surface area contributed by atoms with Gasteiger partial charge in [0.15, 0.2) is 5.82 Å². The molecule has 0 spiro atoms. The summed E-state index contributed by atoms with van der Waals surface area (Å²) in [4.78, 5) is 41.4. The first-order valence-corrected chi connectivity index (χ1v) is 13.5. The SMILES string of the molecule is Cc1sc2c(c1C)C(c1ccc(Cl)cc1)=NC(CC(=O)NCCCNC(=O)CCC(=O)O)c1nnc(C)n1-2. The molecule has 0 saturated carbocycles. The van der Waals surface area contributed by atoms with E-state index in [9.17, 15) is 14.4 Å². The molecule has 200 valence electrons. The minimum Gasteiger partial charge on any atom is -0.481 e. The second-order valence-electron chi connectivity index (χ2n) is 9.06. The van der Waals surface area contributed by atoms with E-state index in [1.54, 1.807) is 11.3 Å². The fourth-order valence-electron chi connectivity index (χ4n) is 4.23. The predicted molar refractivity (Wildman–Crippen MR) is 145 cm³/mol. The molecular formula is C26H29ClN6O4S. The summed E-state index contributed by atoms with van der Waals surface area (Å²) in [5.74, 6) is -0.209. The van der Waals surface area contributed by atoms with E-state index >= 15 is 0 Å². The molecule has 3 N–H and O–H groups in total. The molecule has 1 atom stereocenters. The first kappa shape index (κ1) is 27.5. The van der Waals surface area contributed by atoms with E-state index in [0.29, 0.717) is 30.4 Å². The average molecular weight is 557 g/mol. The Morgan fingerprint density at radius 3 is 2.39 bits per heavy atom. The van der Waals surface area contributed by atoms with Crippen LogP contribution in [0.3, 0.4) is 0 Å². The van der Waals surface area contributed by atoms with Gasteiger partial charge in [0.25, 0.3) is 0 Å². The maximum absolute atomic E-state index is 12.9. The summed E-state index contributed by atoms with van der Waals surface area (Å²) in [7, 11) is 0. The molecule has 1 aliphatic rings. The Morgan fingerprint density at radius 1 is 1.03 bits per heavy atom. The van der Waals surface area contributed by atoms with Gasteiger partial charge in [0, 0.05) is 40.5 Å². The van der Waals surface area contributed by atoms with Gasteiger partial charge in [-0.05, 0) is 44.9 Å². The number of aryl methyl sites for hydroxylation is 2. The van der Waals surface area contributed by atoms with Gasteiger partial charge in [-0.3, -0.25) is 23.9 Å². The van der Waals surface area contributed by atoms with E-state index in [4.69, 9.17) is 21.7 Å². The van der Waals surface area contributed by atoms with Crippen LogP contribution in [0, 0.1) is 20.8 Å². The smallest absolute Gasteiger partial charge is 0.303 e. The zero-order valence-corrected chi connectivity index (χ0v) is 22.9. The molecular weight excluding hydrogens is 528 g/mol. The Labute approximate surface area is 229 Å². The van der Waals surface area contributed by atoms with E-state index in [2.05, 4.69) is 34.7 Å². The van der Waals surface area contributed by atoms with Gasteiger partial charge in [-0.1, -0.05) is 23.7 Å². The molecule has 1 aliphatic heterocycles. The number of thiophene rings is 1. The number of benzene rings is 1. The Kier molecular flexibility index (Phi) is 8.58. The van der Waals surface area contributed by atoms with Crippen molar-refractivity contribution in [2.24, 2.45) is 4.99 Å². The zero-order valence-electron chi connectivity index (χ0n) is 21.4. The lowest BCUT2D eigenvalue weighted by molar-refractivity contribution is -0.138. The number of aliphatic carboxylic acids is 1. The van der Waals surface area contributed by atoms with E-state index < -0.39 is 12.0 Å². The highest BCUT2D eigenvalue weighted by Gasteiger charge is 2.32. The second-order valence-corrected chi connectivity index (χ2v) is 10.7. The average Bonchev–Trinajstić information content (AvgIpc) is 3.35. The topological polar surface area (TPSA) is 139 Å². The van der Waals surface area contributed by atoms with Gasteiger partial charge in [-0.25, -0.2) is 0 Å². The van der Waals surface area contributed by atoms with Crippen LogP contribution in [0.15, 0.2) is 29.3 Å². The third-order valence-electron chi connectivity index (χ3n) is 6.30. The maximum atomic E-state index is 12.9. The van der Waals surface area contributed by atoms with Crippen LogP contribution < -0.4 is 10.6 Å². The number of carboxylic acids is 1. The fraction of sp³-hybridized carbons (Fsp3) is 0.385. The van der Waals surface area contributed by atoms with Crippen LogP contribution >= 0.6 is 22.9 Å². The summed E-state index contributed by atoms with van der Waals surface area (Å²) in [6.45, 7) is 6.74. The van der Waals surface area contributed by atoms with Crippen LogP contribution in [-0.4, -0.2) is 56.5 Å². The summed E-state index contributed by atoms with van der Waals surface area (Å²) in [5, 5.41) is 24.5. The summed E-state index contributed by atoms with van der Waals surface area (Å²) in [5.41, 5.74) is 3.80. The summed E-state index contributed by atoms with van der Waals surface area (Å²) < 4.78 is 2.00. The summed E-state index contributed by atoms with van der Waals surface area (Å²) in [6, 6.07) is 6.95. The molecule has 0 aliphatic carbocycles. The van der Waals surface area contributed by atoms with Crippen molar-refractivity contribution < 1.29 is 19.5 Å². The number of aliphatic imine (C=N–C) groups is 1. The molecule has 3 heterocycles. The molecule has 4 rings (SSSR count). The third-order valence-corrected chi connectivity index (χ3v) is 7.74. The summed E-state index contributed by atoms with van der Waals surface area (Å²) in [6.07, 6.45) is 0.312. The highest BCUT2D eigenvalue weighted by Crippen LogP contribution is 2.39. The largest absolute Gasteiger partial charge is 0.481 e. The van der Waals surface area contributed by atoms with Crippen molar-refractivity contribution in [2.75, 3.05) is 13.1 Å². The lowest BCUT2D eigenvalue weighted by atomic mass is 9.99. The van der Waals surface area contributed by atoms with Gasteiger partial charge in [0.1, 0.15) is 16.9 Å². The number of nitrogens with zero attached hydrogens (tertiary/aromatic N) is 4. The van der Waals surface area contributed by atoms with Gasteiger partial charge in [-0.15, -0.1) is 21.5 Å². The molecule has 10 nitrogen and oxygen atoms in total. The predicted octanol–water partition coefficient (Wildman–Crippen LogP) is 3.68. The van der Waals surface area contributed by atoms with E-state index in [1.807, 2.05) is 35.8 Å². The number of rotatable bonds is 10. The van der Waals surface area contributed by atoms with Crippen molar-refractivity contribution in [3.63, 3.8) is 0 Å². The van der Waals surface area contributed by atoms with Gasteiger partial charge < -0.3 is 15.7 Å². The van der Waals surface area contributed by atoms with Crippen LogP contribution in [0.2, 0.25) is 5.02 Å². The molecule has 0 bridgehead atoms. The van der Waals surface area contributed by atoms with Gasteiger partial charge >= 0.3 is 5.97 Å². The van der Waals surface area contributed by atoms with E-state index in [0.717, 1.165) is 33.2 Å². The quantitative estimate of drug-likeness (QED) is 0.326. The number of halogens is 1. The van der Waals surface area contributed by atoms with Crippen molar-refractivity contribution in [1.82, 2.24) is 25.4 Å². The number of carboxylic acid groups (broad SMARTS) is 1. The highest BCUT2D eigenvalue weighted by atomic mass is 35.5. The van der Waals surface area contributed by atoms with Crippen molar-refractivity contribution in [3.05, 3.63) is 62.5 Å². The standard InChI is InChI=1S/C26H29ClN6O4S/c1-14-15(2)38-26-23(14)24(17-5-7-18(27)8-6-17)30-19(25-32-31-16(3)33(25)26)13-21(35)29-12-4-11-28-20(34)9-10-22(36)37/h5-8,19H,4,9-13H2,1-3H3,(H,28,34)(H,29,35)(H,36,37). The van der Waals surface area contributed by atoms with Crippen LogP contribution in [0.4, 0.5) is 0 Å². The van der Waals surface area contributed by atoms with Crippen LogP contribution in [-0.2, 0) is 14.4 Å². The number of hydrogen-bond donors (Lipinski definition) is 3. The molecule has 38 heavy (non-hydrogen) atoms. The number of carbonyl (C=O) groups excluding carboxylic acids is 2. The zero-order chi connectivity index (χ0) is 27.4. The monoisotopic (exact) mass is 556 g/mol. The molecule has 1 aromatic carbocycles. The van der Waals surface area contributed by atoms with Crippen molar-refractivity contribution in [3.8, 4) is 5.00 Å². The van der Waals surface area contributed by atoms with Crippen molar-refractivity contribution in [1.29, 1.82) is 0 Å². The van der Waals surface area contributed by atoms with E-state index in [-0.39, 0.29) is 31.1 Å². The van der Waals surface area contributed by atoms with Crippen molar-refractivity contribution in [2.45, 2.75) is 52.5 Å². The number of carbonyl (C=O) groups is 3. The number of aromatic nitrogens is 3. The first-order chi connectivity index (χ1) is 18.2. The lowest BCUT2D eigenvalue weighted by Gasteiger charge is -2.13. The number of nitrogens with one attached hydrogen (secondary N) is 2. The number of fused-ring (bicyclic) bond motifs is 3. The van der Waals surface area contributed by atoms with Gasteiger partial charge in [-0.2, -0.15) is 0 Å². The Hall–Kier alpha value is -3.57. The van der Waals surface area contributed by atoms with Crippen molar-refractivity contribution >= 4 is 46.4 Å². The molecule has 0 fully saturated rings. The molecule has 1 unspecified atom stereocenters. The second kappa shape index (κ2) is 11.9. The molecule has 2 aromatic heterocycles. The van der Waals surface area contributed by atoms with Crippen LogP contribution in [0.5, 0.6) is 0 Å². The molecule has 12 heteroatoms. The summed E-state index contributed by atoms with van der Waals surface area (Å²) >= 11 is 7.80. The Balaban J connectivity index is 1.52. The van der Waals surface area contributed by atoms with Gasteiger partial charge in [0.2, 0.25) is 11.8 Å². The fourth-order valence-corrected chi connectivity index (χ4v) is 5.57. The molecule has 3 aromatic rings. The minimum atomic E-state index is -1.01. The van der Waals surface area contributed by atoms with Crippen LogP contribution in [0.1, 0.15) is 64.9 Å². The maximum Gasteiger partial charge on any atom is 0.303 e. The third kappa shape index (κ3) is 6.11. The normalized spacial score (nSPS) is 14.2. The molecule has 2 amide bonds. The minimum absolute atomic E-state index is 0.0675. The first-order valence-electron chi connectivity index (χ1n) is 12.3.